The van der Waals surface area contributed by atoms with Crippen molar-refractivity contribution in [3.8, 4) is 0 Å². The van der Waals surface area contributed by atoms with Crippen molar-refractivity contribution in [2.75, 3.05) is 5.43 Å². The number of hydrogen-bond acceptors (Lipinski definition) is 2. The summed E-state index contributed by atoms with van der Waals surface area (Å²) in [4.78, 5) is 0. The molecule has 0 fully saturated rings. The first-order valence-electron chi connectivity index (χ1n) is 6.81. The SMILES string of the molecule is Cc1ccccc1NN=C1CCCc2ccccc21. The molecule has 2 aromatic rings. The summed E-state index contributed by atoms with van der Waals surface area (Å²) in [7, 11) is 0. The third-order valence-electron chi connectivity index (χ3n) is 3.64. The minimum atomic E-state index is 1.05. The number of aryl methyl sites for hydroxylation is 2. The minimum Gasteiger partial charge on any atom is -0.278 e. The second kappa shape index (κ2) is 5.27. The molecule has 19 heavy (non-hydrogen) atoms. The highest BCUT2D eigenvalue weighted by atomic mass is 15.3. The lowest BCUT2D eigenvalue weighted by Crippen LogP contribution is -2.13. The van der Waals surface area contributed by atoms with Gasteiger partial charge in [0.05, 0.1) is 11.4 Å². The molecule has 3 rings (SSSR count). The van der Waals surface area contributed by atoms with Crippen LogP contribution in [-0.4, -0.2) is 5.71 Å². The van der Waals surface area contributed by atoms with E-state index in [1.807, 2.05) is 12.1 Å². The maximum absolute atomic E-state index is 4.62. The van der Waals surface area contributed by atoms with Gasteiger partial charge in [-0.05, 0) is 43.4 Å². The summed E-state index contributed by atoms with van der Waals surface area (Å²) >= 11 is 0. The molecule has 0 saturated heterocycles. The molecule has 0 amide bonds. The Labute approximate surface area is 114 Å². The molecule has 0 spiro atoms. The second-order valence-corrected chi connectivity index (χ2v) is 5.00. The fraction of sp³-hybridized carbons (Fsp3) is 0.235. The molecule has 2 aromatic carbocycles. The standard InChI is InChI=1S/C17H18N2/c1-13-7-2-5-11-16(13)18-19-17-12-6-9-14-8-3-4-10-15(14)17/h2-5,7-8,10-11,18H,6,9,12H2,1H3. The van der Waals surface area contributed by atoms with Crippen molar-refractivity contribution in [3.05, 3.63) is 65.2 Å². The van der Waals surface area contributed by atoms with Crippen LogP contribution in [0.3, 0.4) is 0 Å². The zero-order valence-electron chi connectivity index (χ0n) is 11.2. The lowest BCUT2D eigenvalue weighted by molar-refractivity contribution is 0.837. The molecule has 0 atom stereocenters. The molecule has 1 N–H and O–H groups in total. The second-order valence-electron chi connectivity index (χ2n) is 5.00. The molecule has 1 aliphatic carbocycles. The van der Waals surface area contributed by atoms with Gasteiger partial charge in [-0.3, -0.25) is 5.43 Å². The number of nitrogens with one attached hydrogen (secondary N) is 1. The Bertz CT molecular complexity index is 614. The van der Waals surface area contributed by atoms with Crippen LogP contribution in [-0.2, 0) is 6.42 Å². The zero-order chi connectivity index (χ0) is 13.1. The van der Waals surface area contributed by atoms with Crippen LogP contribution < -0.4 is 5.43 Å². The Morgan fingerprint density at radius 2 is 1.74 bits per heavy atom. The van der Waals surface area contributed by atoms with Crippen LogP contribution in [0.1, 0.15) is 29.5 Å². The van der Waals surface area contributed by atoms with Gasteiger partial charge in [0.25, 0.3) is 0 Å². The maximum Gasteiger partial charge on any atom is 0.0682 e. The number of nitrogens with zero attached hydrogens (tertiary/aromatic N) is 1. The molecule has 2 heteroatoms. The quantitative estimate of drug-likeness (QED) is 0.796. The van der Waals surface area contributed by atoms with Gasteiger partial charge in [-0.25, -0.2) is 0 Å². The third-order valence-corrected chi connectivity index (χ3v) is 3.64. The van der Waals surface area contributed by atoms with E-state index in [4.69, 9.17) is 0 Å². The van der Waals surface area contributed by atoms with Crippen molar-refractivity contribution in [3.63, 3.8) is 0 Å². The van der Waals surface area contributed by atoms with Crippen molar-refractivity contribution in [1.82, 2.24) is 0 Å². The summed E-state index contributed by atoms with van der Waals surface area (Å²) in [5.74, 6) is 0. The number of hydrogen-bond donors (Lipinski definition) is 1. The molecule has 0 heterocycles. The van der Waals surface area contributed by atoms with Crippen LogP contribution in [0.2, 0.25) is 0 Å². The Balaban J connectivity index is 1.88. The number of para-hydroxylation sites is 1. The van der Waals surface area contributed by atoms with Gasteiger partial charge in [-0.15, -0.1) is 0 Å². The van der Waals surface area contributed by atoms with Gasteiger partial charge in [0.15, 0.2) is 0 Å². The number of rotatable bonds is 2. The van der Waals surface area contributed by atoms with E-state index in [1.54, 1.807) is 0 Å². The van der Waals surface area contributed by atoms with E-state index in [-0.39, 0.29) is 0 Å². The summed E-state index contributed by atoms with van der Waals surface area (Å²) in [5, 5.41) is 4.62. The molecular weight excluding hydrogens is 232 g/mol. The van der Waals surface area contributed by atoms with Gasteiger partial charge >= 0.3 is 0 Å². The predicted molar refractivity (Wildman–Crippen MR) is 80.7 cm³/mol. The van der Waals surface area contributed by atoms with Crippen LogP contribution in [0.5, 0.6) is 0 Å². The lowest BCUT2D eigenvalue weighted by atomic mass is 9.90. The number of benzene rings is 2. The zero-order valence-corrected chi connectivity index (χ0v) is 11.2. The highest BCUT2D eigenvalue weighted by Gasteiger charge is 2.14. The summed E-state index contributed by atoms with van der Waals surface area (Å²) in [5.41, 5.74) is 9.40. The van der Waals surface area contributed by atoms with Gasteiger partial charge < -0.3 is 0 Å². The molecular formula is C17H18N2. The highest BCUT2D eigenvalue weighted by molar-refractivity contribution is 6.03. The van der Waals surface area contributed by atoms with Crippen molar-refractivity contribution in [2.45, 2.75) is 26.2 Å². The van der Waals surface area contributed by atoms with Gasteiger partial charge in [0.1, 0.15) is 0 Å². The van der Waals surface area contributed by atoms with Crippen LogP contribution in [0.15, 0.2) is 53.6 Å². The van der Waals surface area contributed by atoms with E-state index in [0.717, 1.165) is 12.1 Å². The molecule has 96 valence electrons. The van der Waals surface area contributed by atoms with Crippen LogP contribution >= 0.6 is 0 Å². The number of anilines is 1. The van der Waals surface area contributed by atoms with Crippen molar-refractivity contribution >= 4 is 11.4 Å². The molecule has 1 aliphatic rings. The average molecular weight is 250 g/mol. The Morgan fingerprint density at radius 3 is 2.63 bits per heavy atom. The van der Waals surface area contributed by atoms with Crippen LogP contribution in [0, 0.1) is 6.92 Å². The normalized spacial score (nSPS) is 16.2. The first-order valence-corrected chi connectivity index (χ1v) is 6.81. The number of fused-ring (bicyclic) bond motifs is 1. The molecule has 0 aliphatic heterocycles. The predicted octanol–water partition coefficient (Wildman–Crippen LogP) is 4.15. The van der Waals surface area contributed by atoms with Gasteiger partial charge in [-0.1, -0.05) is 42.5 Å². The van der Waals surface area contributed by atoms with Gasteiger partial charge in [0.2, 0.25) is 0 Å². The van der Waals surface area contributed by atoms with Crippen LogP contribution in [0.4, 0.5) is 5.69 Å². The summed E-state index contributed by atoms with van der Waals surface area (Å²) < 4.78 is 0. The van der Waals surface area contributed by atoms with Crippen LogP contribution in [0.25, 0.3) is 0 Å². The summed E-state index contributed by atoms with van der Waals surface area (Å²) in [6, 6.07) is 16.8. The fourth-order valence-corrected chi connectivity index (χ4v) is 2.54. The third kappa shape index (κ3) is 2.53. The number of hydrazone groups is 1. The van der Waals surface area contributed by atoms with E-state index < -0.39 is 0 Å². The largest absolute Gasteiger partial charge is 0.278 e. The Hall–Kier alpha value is -2.09. The van der Waals surface area contributed by atoms with Crippen molar-refractivity contribution in [1.29, 1.82) is 0 Å². The molecule has 0 radical (unpaired) electrons. The smallest absolute Gasteiger partial charge is 0.0682 e. The summed E-state index contributed by atoms with van der Waals surface area (Å²) in [6.45, 7) is 2.09. The summed E-state index contributed by atoms with van der Waals surface area (Å²) in [6.07, 6.45) is 3.40. The monoisotopic (exact) mass is 250 g/mol. The maximum atomic E-state index is 4.62. The Kier molecular flexibility index (Phi) is 3.32. The van der Waals surface area contributed by atoms with E-state index in [1.165, 1.54) is 35.2 Å². The van der Waals surface area contributed by atoms with Gasteiger partial charge in [-0.2, -0.15) is 5.10 Å². The van der Waals surface area contributed by atoms with E-state index >= 15 is 0 Å². The molecule has 0 saturated carbocycles. The van der Waals surface area contributed by atoms with E-state index in [0.29, 0.717) is 0 Å². The first-order chi connectivity index (χ1) is 9.34. The topological polar surface area (TPSA) is 24.4 Å². The van der Waals surface area contributed by atoms with Crippen molar-refractivity contribution < 1.29 is 0 Å². The molecule has 0 bridgehead atoms. The average Bonchev–Trinajstić information content (AvgIpc) is 2.46. The molecule has 0 unspecified atom stereocenters. The van der Waals surface area contributed by atoms with Crippen molar-refractivity contribution in [2.24, 2.45) is 5.10 Å². The first kappa shape index (κ1) is 12.0. The van der Waals surface area contributed by atoms with Gasteiger partial charge in [0, 0.05) is 5.56 Å². The van der Waals surface area contributed by atoms with E-state index in [9.17, 15) is 0 Å². The lowest BCUT2D eigenvalue weighted by Gasteiger charge is -2.17. The fourth-order valence-electron chi connectivity index (χ4n) is 2.54. The molecule has 2 nitrogen and oxygen atoms in total. The molecule has 0 aromatic heterocycles. The highest BCUT2D eigenvalue weighted by Crippen LogP contribution is 2.22. The minimum absolute atomic E-state index is 1.05. The Morgan fingerprint density at radius 1 is 0.947 bits per heavy atom. The van der Waals surface area contributed by atoms with E-state index in [2.05, 4.69) is 53.8 Å².